The van der Waals surface area contributed by atoms with Crippen molar-refractivity contribution in [1.82, 2.24) is 0 Å². The summed E-state index contributed by atoms with van der Waals surface area (Å²) in [7, 11) is -4.66. The topological polar surface area (TPSA) is 107 Å². The zero-order valence-electron chi connectivity index (χ0n) is 24.5. The highest BCUT2D eigenvalue weighted by Gasteiger charge is 2.46. The van der Waals surface area contributed by atoms with E-state index in [1.807, 2.05) is 0 Å². The Kier molecular flexibility index (Phi) is 8.16. The molecule has 1 N–H and O–H groups in total. The van der Waals surface area contributed by atoms with E-state index in [4.69, 9.17) is 9.47 Å². The van der Waals surface area contributed by atoms with Crippen molar-refractivity contribution >= 4 is 22.1 Å². The number of benzene rings is 1. The lowest BCUT2D eigenvalue weighted by molar-refractivity contribution is -0.0382. The third-order valence-electron chi connectivity index (χ3n) is 10.2. The molecule has 222 valence electrons. The van der Waals surface area contributed by atoms with Gasteiger partial charge in [-0.2, -0.15) is 8.42 Å². The first-order chi connectivity index (χ1) is 18.7. The van der Waals surface area contributed by atoms with Crippen molar-refractivity contribution in [1.29, 1.82) is 0 Å². The standard InChI is InChI=1S/C32H46O7S/c1-20-5-24-6-21(2)13-31(12-20,16-24)18-38-29(33)26-9-27(11-28(10-26)40(35,36)37)30(34)39-19-32-14-22(3)7-25(17-32)8-23(4)15-32/h9-11,20-25H,5-8,12-19H2,1-4H3,(H,35,36,37). The van der Waals surface area contributed by atoms with E-state index in [0.717, 1.165) is 50.7 Å². The van der Waals surface area contributed by atoms with Crippen molar-refractivity contribution in [2.75, 3.05) is 13.2 Å². The summed E-state index contributed by atoms with van der Waals surface area (Å²) >= 11 is 0. The highest BCUT2D eigenvalue weighted by molar-refractivity contribution is 7.85. The number of carbonyl (C=O) groups excluding carboxylic acids is 2. The van der Waals surface area contributed by atoms with Crippen LogP contribution >= 0.6 is 0 Å². The molecule has 7 nitrogen and oxygen atoms in total. The minimum absolute atomic E-state index is 0.0660. The smallest absolute Gasteiger partial charge is 0.338 e. The summed E-state index contributed by atoms with van der Waals surface area (Å²) in [6.45, 7) is 9.57. The van der Waals surface area contributed by atoms with E-state index >= 15 is 0 Å². The molecular formula is C32H46O7S. The van der Waals surface area contributed by atoms with E-state index in [0.29, 0.717) is 35.5 Å². The first-order valence-corrected chi connectivity index (χ1v) is 16.6. The van der Waals surface area contributed by atoms with Gasteiger partial charge in [0.05, 0.1) is 29.2 Å². The van der Waals surface area contributed by atoms with E-state index in [1.165, 1.54) is 31.7 Å². The van der Waals surface area contributed by atoms with Crippen LogP contribution in [0.2, 0.25) is 0 Å². The summed E-state index contributed by atoms with van der Waals surface area (Å²) in [6, 6.07) is 3.49. The van der Waals surface area contributed by atoms with Crippen molar-refractivity contribution in [3.05, 3.63) is 29.3 Å². The molecule has 0 aliphatic heterocycles. The van der Waals surface area contributed by atoms with Crippen LogP contribution in [0.15, 0.2) is 23.1 Å². The summed E-state index contributed by atoms with van der Waals surface area (Å²) in [5, 5.41) is 0. The Morgan fingerprint density at radius 1 is 0.700 bits per heavy atom. The lowest BCUT2D eigenvalue weighted by Crippen LogP contribution is -2.42. The molecule has 0 spiro atoms. The van der Waals surface area contributed by atoms with E-state index < -0.39 is 27.0 Å². The van der Waals surface area contributed by atoms with Crippen LogP contribution < -0.4 is 0 Å². The second-order valence-corrected chi connectivity index (χ2v) is 16.1. The average molecular weight is 575 g/mol. The predicted octanol–water partition coefficient (Wildman–Crippen LogP) is 6.95. The molecule has 5 rings (SSSR count). The molecule has 4 unspecified atom stereocenters. The van der Waals surface area contributed by atoms with Crippen LogP contribution in [-0.2, 0) is 19.6 Å². The molecule has 1 aromatic carbocycles. The Morgan fingerprint density at radius 2 is 1.05 bits per heavy atom. The Balaban J connectivity index is 1.32. The Labute approximate surface area is 239 Å². The van der Waals surface area contributed by atoms with Crippen LogP contribution in [0.3, 0.4) is 0 Å². The minimum Gasteiger partial charge on any atom is -0.462 e. The van der Waals surface area contributed by atoms with Gasteiger partial charge in [0.25, 0.3) is 10.1 Å². The van der Waals surface area contributed by atoms with Crippen LogP contribution in [0, 0.1) is 46.3 Å². The molecule has 40 heavy (non-hydrogen) atoms. The van der Waals surface area contributed by atoms with Gasteiger partial charge in [0.1, 0.15) is 0 Å². The van der Waals surface area contributed by atoms with Crippen molar-refractivity contribution < 1.29 is 32.0 Å². The maximum atomic E-state index is 13.2. The van der Waals surface area contributed by atoms with Crippen LogP contribution in [0.5, 0.6) is 0 Å². The summed E-state index contributed by atoms with van der Waals surface area (Å²) < 4.78 is 45.5. The molecular weight excluding hydrogens is 528 g/mol. The number of carbonyl (C=O) groups is 2. The number of hydrogen-bond donors (Lipinski definition) is 1. The van der Waals surface area contributed by atoms with Gasteiger partial charge in [0, 0.05) is 10.8 Å². The summed E-state index contributed by atoms with van der Waals surface area (Å²) in [5.74, 6) is 2.20. The highest BCUT2D eigenvalue weighted by Crippen LogP contribution is 2.54. The third-order valence-corrected chi connectivity index (χ3v) is 11.0. The van der Waals surface area contributed by atoms with Crippen molar-refractivity contribution in [3.8, 4) is 0 Å². The molecule has 0 radical (unpaired) electrons. The average Bonchev–Trinajstić information content (AvgIpc) is 2.83. The second-order valence-electron chi connectivity index (χ2n) is 14.7. The third kappa shape index (κ3) is 6.59. The number of ether oxygens (including phenoxy) is 2. The molecule has 4 atom stereocenters. The van der Waals surface area contributed by atoms with Gasteiger partial charge in [-0.05, 0) is 118 Å². The van der Waals surface area contributed by atoms with Crippen LogP contribution in [0.4, 0.5) is 0 Å². The maximum absolute atomic E-state index is 13.2. The molecule has 4 fully saturated rings. The zero-order valence-corrected chi connectivity index (χ0v) is 25.3. The fourth-order valence-electron chi connectivity index (χ4n) is 9.76. The molecule has 4 saturated carbocycles. The summed E-state index contributed by atoms with van der Waals surface area (Å²) in [6.07, 6.45) is 10.9. The van der Waals surface area contributed by atoms with Crippen molar-refractivity contribution in [3.63, 3.8) is 0 Å². The first-order valence-electron chi connectivity index (χ1n) is 15.2. The molecule has 0 amide bonds. The molecule has 4 bridgehead atoms. The van der Waals surface area contributed by atoms with Gasteiger partial charge in [-0.3, -0.25) is 4.55 Å². The lowest BCUT2D eigenvalue weighted by atomic mass is 9.57. The highest BCUT2D eigenvalue weighted by atomic mass is 32.2. The van der Waals surface area contributed by atoms with E-state index in [1.54, 1.807) is 0 Å². The van der Waals surface area contributed by atoms with Gasteiger partial charge in [-0.1, -0.05) is 27.7 Å². The fourth-order valence-corrected chi connectivity index (χ4v) is 10.3. The Morgan fingerprint density at radius 3 is 1.38 bits per heavy atom. The SMILES string of the molecule is CC1CC2CC(C)CC(COC(=O)c3cc(C(=O)OCC45CC(C)CC(CC(C)C4)C5)cc(S(=O)(=O)O)c3)(C1)C2. The van der Waals surface area contributed by atoms with Crippen LogP contribution in [0.1, 0.15) is 113 Å². The van der Waals surface area contributed by atoms with E-state index in [9.17, 15) is 22.6 Å². The molecule has 4 aliphatic rings. The summed E-state index contributed by atoms with van der Waals surface area (Å²) in [4.78, 5) is 25.9. The molecule has 0 aromatic heterocycles. The van der Waals surface area contributed by atoms with E-state index in [2.05, 4.69) is 27.7 Å². The van der Waals surface area contributed by atoms with Gasteiger partial charge in [0.2, 0.25) is 0 Å². The van der Waals surface area contributed by atoms with Crippen LogP contribution in [0.25, 0.3) is 0 Å². The Bertz CT molecular complexity index is 1120. The molecule has 0 heterocycles. The van der Waals surface area contributed by atoms with Crippen molar-refractivity contribution in [2.24, 2.45) is 46.3 Å². The number of fused-ring (bicyclic) bond motifs is 4. The van der Waals surface area contributed by atoms with Gasteiger partial charge in [0.15, 0.2) is 0 Å². The largest absolute Gasteiger partial charge is 0.462 e. The van der Waals surface area contributed by atoms with Gasteiger partial charge in [-0.25, -0.2) is 9.59 Å². The molecule has 0 saturated heterocycles. The monoisotopic (exact) mass is 574 g/mol. The van der Waals surface area contributed by atoms with Crippen LogP contribution in [-0.4, -0.2) is 38.1 Å². The fraction of sp³-hybridized carbons (Fsp3) is 0.750. The molecule has 1 aromatic rings. The summed E-state index contributed by atoms with van der Waals surface area (Å²) in [5.41, 5.74) is -0.273. The lowest BCUT2D eigenvalue weighted by Gasteiger charge is -2.49. The Hall–Kier alpha value is -1.93. The number of hydrogen-bond acceptors (Lipinski definition) is 6. The normalized spacial score (nSPS) is 37.4. The van der Waals surface area contributed by atoms with Crippen molar-refractivity contribution in [2.45, 2.75) is 96.8 Å². The zero-order chi connectivity index (χ0) is 28.9. The minimum atomic E-state index is -4.66. The second kappa shape index (κ2) is 11.0. The first kappa shape index (κ1) is 29.6. The van der Waals surface area contributed by atoms with Gasteiger partial charge >= 0.3 is 11.9 Å². The molecule has 8 heteroatoms. The van der Waals surface area contributed by atoms with Gasteiger partial charge in [-0.15, -0.1) is 0 Å². The molecule has 4 aliphatic carbocycles. The van der Waals surface area contributed by atoms with Gasteiger partial charge < -0.3 is 9.47 Å². The number of esters is 2. The maximum Gasteiger partial charge on any atom is 0.338 e. The predicted molar refractivity (Wildman–Crippen MR) is 151 cm³/mol. The number of rotatable bonds is 7. The van der Waals surface area contributed by atoms with E-state index in [-0.39, 0.29) is 35.2 Å². The quantitative estimate of drug-likeness (QED) is 0.277.